The number of esters is 1. The van der Waals surface area contributed by atoms with Gasteiger partial charge in [0.15, 0.2) is 0 Å². The number of rotatable bonds is 4. The van der Waals surface area contributed by atoms with Gasteiger partial charge in [-0.25, -0.2) is 4.79 Å². The average Bonchev–Trinajstić information content (AvgIpc) is 2.42. The third-order valence-corrected chi connectivity index (χ3v) is 2.81. The van der Waals surface area contributed by atoms with Gasteiger partial charge in [0.05, 0.1) is 29.7 Å². The van der Waals surface area contributed by atoms with E-state index < -0.39 is 6.04 Å². The van der Waals surface area contributed by atoms with Crippen LogP contribution in [0.1, 0.15) is 13.8 Å². The zero-order valence-electron chi connectivity index (χ0n) is 11.0. The smallest absolute Gasteiger partial charge is 0.328 e. The van der Waals surface area contributed by atoms with Crippen LogP contribution < -0.4 is 11.1 Å². The second kappa shape index (κ2) is 5.56. The number of anilines is 2. The molecule has 5 nitrogen and oxygen atoms in total. The molecule has 0 aliphatic heterocycles. The van der Waals surface area contributed by atoms with Crippen molar-refractivity contribution >= 4 is 28.2 Å². The summed E-state index contributed by atoms with van der Waals surface area (Å²) in [6.45, 7) is 3.88. The van der Waals surface area contributed by atoms with Crippen molar-refractivity contribution in [3.05, 3.63) is 30.5 Å². The molecule has 1 atom stereocenters. The van der Waals surface area contributed by atoms with E-state index in [4.69, 9.17) is 10.5 Å². The van der Waals surface area contributed by atoms with E-state index >= 15 is 0 Å². The van der Waals surface area contributed by atoms with Crippen LogP contribution in [0.4, 0.5) is 11.4 Å². The zero-order valence-corrected chi connectivity index (χ0v) is 11.0. The summed E-state index contributed by atoms with van der Waals surface area (Å²) in [5.74, 6) is -0.303. The fraction of sp³-hybridized carbons (Fsp3) is 0.286. The number of aromatic nitrogens is 1. The van der Waals surface area contributed by atoms with Crippen LogP contribution in [-0.4, -0.2) is 23.6 Å². The molecule has 19 heavy (non-hydrogen) atoms. The highest BCUT2D eigenvalue weighted by Gasteiger charge is 2.16. The van der Waals surface area contributed by atoms with Crippen molar-refractivity contribution in [2.45, 2.75) is 19.9 Å². The van der Waals surface area contributed by atoms with E-state index in [2.05, 4.69) is 10.3 Å². The molecule has 0 unspecified atom stereocenters. The highest BCUT2D eigenvalue weighted by Crippen LogP contribution is 2.28. The molecule has 5 heteroatoms. The van der Waals surface area contributed by atoms with Crippen LogP contribution >= 0.6 is 0 Å². The van der Waals surface area contributed by atoms with Crippen LogP contribution in [0.2, 0.25) is 0 Å². The summed E-state index contributed by atoms with van der Waals surface area (Å²) in [4.78, 5) is 15.9. The van der Waals surface area contributed by atoms with Gasteiger partial charge in [-0.15, -0.1) is 0 Å². The Morgan fingerprint density at radius 2 is 2.21 bits per heavy atom. The number of hydrogen-bond donors (Lipinski definition) is 2. The number of benzene rings is 1. The molecule has 1 aromatic carbocycles. The summed E-state index contributed by atoms with van der Waals surface area (Å²) in [6, 6.07) is 7.16. The van der Waals surface area contributed by atoms with Gasteiger partial charge in [0.25, 0.3) is 0 Å². The van der Waals surface area contributed by atoms with Crippen LogP contribution in [-0.2, 0) is 9.53 Å². The van der Waals surface area contributed by atoms with Gasteiger partial charge in [-0.05, 0) is 19.9 Å². The van der Waals surface area contributed by atoms with Gasteiger partial charge in [0, 0.05) is 5.39 Å². The van der Waals surface area contributed by atoms with E-state index in [-0.39, 0.29) is 5.97 Å². The molecular formula is C14H17N3O2. The lowest BCUT2D eigenvalue weighted by Gasteiger charge is -2.17. The molecule has 0 fully saturated rings. The molecule has 0 spiro atoms. The molecule has 0 saturated carbocycles. The number of para-hydroxylation sites is 1. The summed E-state index contributed by atoms with van der Waals surface area (Å²) in [5, 5.41) is 3.99. The molecule has 0 aliphatic carbocycles. The molecule has 3 N–H and O–H groups in total. The number of nitrogens with two attached hydrogens (primary N) is 1. The molecule has 2 rings (SSSR count). The molecule has 0 amide bonds. The maximum Gasteiger partial charge on any atom is 0.328 e. The summed E-state index contributed by atoms with van der Waals surface area (Å²) < 4.78 is 4.97. The summed E-state index contributed by atoms with van der Waals surface area (Å²) >= 11 is 0. The van der Waals surface area contributed by atoms with Gasteiger partial charge in [-0.1, -0.05) is 18.2 Å². The summed E-state index contributed by atoms with van der Waals surface area (Å²) in [6.07, 6.45) is 1.59. The van der Waals surface area contributed by atoms with Crippen molar-refractivity contribution in [3.8, 4) is 0 Å². The number of ether oxygens (including phenoxy) is 1. The Morgan fingerprint density at radius 1 is 1.47 bits per heavy atom. The first-order valence-electron chi connectivity index (χ1n) is 6.20. The molecule has 0 saturated heterocycles. The van der Waals surface area contributed by atoms with Gasteiger partial charge in [0.1, 0.15) is 6.04 Å². The number of nitrogen functional groups attached to an aromatic ring is 1. The Bertz CT molecular complexity index is 598. The average molecular weight is 259 g/mol. The number of carbonyl (C=O) groups excluding carboxylic acids is 1. The third-order valence-electron chi connectivity index (χ3n) is 2.81. The highest BCUT2D eigenvalue weighted by molar-refractivity contribution is 5.98. The Balaban J connectivity index is 2.34. The Hall–Kier alpha value is -2.30. The zero-order chi connectivity index (χ0) is 13.8. The van der Waals surface area contributed by atoms with Crippen LogP contribution in [0, 0.1) is 0 Å². The van der Waals surface area contributed by atoms with Crippen LogP contribution in [0.25, 0.3) is 10.9 Å². The van der Waals surface area contributed by atoms with Gasteiger partial charge in [-0.2, -0.15) is 0 Å². The van der Waals surface area contributed by atoms with Gasteiger partial charge < -0.3 is 15.8 Å². The maximum absolute atomic E-state index is 11.7. The van der Waals surface area contributed by atoms with E-state index in [1.807, 2.05) is 24.3 Å². The number of pyridine rings is 1. The minimum atomic E-state index is -0.465. The quantitative estimate of drug-likeness (QED) is 0.823. The SMILES string of the molecule is CCOC(=O)[C@H](C)Nc1c(N)cnc2ccccc12. The Morgan fingerprint density at radius 3 is 2.95 bits per heavy atom. The standard InChI is InChI=1S/C14H17N3O2/c1-3-19-14(18)9(2)17-13-10-6-4-5-7-12(10)16-8-11(13)15/h4-9H,3,15H2,1-2H3,(H,16,17)/t9-/m0/s1. The van der Waals surface area contributed by atoms with E-state index in [9.17, 15) is 4.79 Å². The lowest BCUT2D eigenvalue weighted by molar-refractivity contribution is -0.143. The number of nitrogens with one attached hydrogen (secondary N) is 1. The fourth-order valence-corrected chi connectivity index (χ4v) is 1.86. The van der Waals surface area contributed by atoms with Gasteiger partial charge >= 0.3 is 5.97 Å². The summed E-state index contributed by atoms with van der Waals surface area (Å²) in [7, 11) is 0. The Kier molecular flexibility index (Phi) is 3.85. The number of hydrogen-bond acceptors (Lipinski definition) is 5. The second-order valence-electron chi connectivity index (χ2n) is 4.22. The largest absolute Gasteiger partial charge is 0.464 e. The van der Waals surface area contributed by atoms with Crippen molar-refractivity contribution in [2.24, 2.45) is 0 Å². The normalized spacial score (nSPS) is 12.1. The first kappa shape index (κ1) is 13.1. The first-order chi connectivity index (χ1) is 9.13. The van der Waals surface area contributed by atoms with E-state index in [0.717, 1.165) is 10.9 Å². The monoisotopic (exact) mass is 259 g/mol. The minimum absolute atomic E-state index is 0.303. The van der Waals surface area contributed by atoms with Crippen molar-refractivity contribution in [3.63, 3.8) is 0 Å². The predicted molar refractivity (Wildman–Crippen MR) is 75.9 cm³/mol. The third kappa shape index (κ3) is 2.76. The number of fused-ring (bicyclic) bond motifs is 1. The lowest BCUT2D eigenvalue weighted by atomic mass is 10.1. The van der Waals surface area contributed by atoms with Crippen LogP contribution in [0.15, 0.2) is 30.5 Å². The molecule has 100 valence electrons. The van der Waals surface area contributed by atoms with Crippen LogP contribution in [0.3, 0.4) is 0 Å². The van der Waals surface area contributed by atoms with Crippen molar-refractivity contribution in [2.75, 3.05) is 17.7 Å². The minimum Gasteiger partial charge on any atom is -0.464 e. The highest BCUT2D eigenvalue weighted by atomic mass is 16.5. The summed E-state index contributed by atoms with van der Waals surface area (Å²) in [5.41, 5.74) is 7.98. The molecule has 2 aromatic rings. The van der Waals surface area contributed by atoms with E-state index in [1.54, 1.807) is 20.0 Å². The first-order valence-corrected chi connectivity index (χ1v) is 6.20. The number of nitrogens with zero attached hydrogens (tertiary/aromatic N) is 1. The molecule has 0 radical (unpaired) electrons. The predicted octanol–water partition coefficient (Wildman–Crippen LogP) is 2.18. The second-order valence-corrected chi connectivity index (χ2v) is 4.22. The molecule has 0 aliphatic rings. The van der Waals surface area contributed by atoms with Crippen molar-refractivity contribution < 1.29 is 9.53 Å². The number of carbonyl (C=O) groups is 1. The van der Waals surface area contributed by atoms with Crippen molar-refractivity contribution in [1.29, 1.82) is 0 Å². The molecule has 1 heterocycles. The fourth-order valence-electron chi connectivity index (χ4n) is 1.86. The Labute approximate surface area is 111 Å². The topological polar surface area (TPSA) is 77.2 Å². The van der Waals surface area contributed by atoms with Gasteiger partial charge in [0.2, 0.25) is 0 Å². The molecular weight excluding hydrogens is 242 g/mol. The van der Waals surface area contributed by atoms with Gasteiger partial charge in [-0.3, -0.25) is 4.98 Å². The van der Waals surface area contributed by atoms with E-state index in [1.165, 1.54) is 0 Å². The lowest BCUT2D eigenvalue weighted by Crippen LogP contribution is -2.28. The maximum atomic E-state index is 11.7. The molecule has 0 bridgehead atoms. The van der Waals surface area contributed by atoms with E-state index in [0.29, 0.717) is 18.0 Å². The van der Waals surface area contributed by atoms with Crippen molar-refractivity contribution in [1.82, 2.24) is 4.98 Å². The molecule has 1 aromatic heterocycles. The van der Waals surface area contributed by atoms with Crippen LogP contribution in [0.5, 0.6) is 0 Å².